The van der Waals surface area contributed by atoms with E-state index in [9.17, 15) is 4.79 Å². The number of hydrogen-bond donors (Lipinski definition) is 2. The number of carbonyl (C=O) groups is 1. The van der Waals surface area contributed by atoms with Crippen molar-refractivity contribution >= 4 is 5.97 Å². The zero-order valence-corrected chi connectivity index (χ0v) is 8.67. The van der Waals surface area contributed by atoms with Crippen molar-refractivity contribution in [3.05, 3.63) is 11.8 Å². The molecule has 14 heavy (non-hydrogen) atoms. The second-order valence-electron chi connectivity index (χ2n) is 3.42. The van der Waals surface area contributed by atoms with Crippen molar-refractivity contribution in [3.63, 3.8) is 0 Å². The first kappa shape index (κ1) is 11.0. The number of esters is 1. The zero-order valence-electron chi connectivity index (χ0n) is 8.67. The Kier molecular flexibility index (Phi) is 4.42. The summed E-state index contributed by atoms with van der Waals surface area (Å²) in [6, 6.07) is 0. The SMILES string of the molecule is CN(C)CCOC(=O)C1=CNCNC1. The fourth-order valence-electron chi connectivity index (χ4n) is 1.04. The fraction of sp³-hybridized carbons (Fsp3) is 0.667. The summed E-state index contributed by atoms with van der Waals surface area (Å²) >= 11 is 0. The lowest BCUT2D eigenvalue weighted by atomic mass is 10.2. The number of rotatable bonds is 4. The predicted molar refractivity (Wildman–Crippen MR) is 53.6 cm³/mol. The smallest absolute Gasteiger partial charge is 0.336 e. The Morgan fingerprint density at radius 2 is 2.43 bits per heavy atom. The molecule has 0 aliphatic carbocycles. The molecule has 0 aromatic heterocycles. The third-order valence-corrected chi connectivity index (χ3v) is 1.85. The van der Waals surface area contributed by atoms with E-state index in [2.05, 4.69) is 10.6 Å². The standard InChI is InChI=1S/C9H17N3O2/c1-12(2)3-4-14-9(13)8-5-10-7-11-6-8/h5,10-11H,3-4,6-7H2,1-2H3. The van der Waals surface area contributed by atoms with Crippen LogP contribution in [0.15, 0.2) is 11.8 Å². The van der Waals surface area contributed by atoms with Gasteiger partial charge in [-0.2, -0.15) is 0 Å². The first-order valence-electron chi connectivity index (χ1n) is 4.65. The highest BCUT2D eigenvalue weighted by molar-refractivity contribution is 5.88. The molecule has 0 saturated heterocycles. The Morgan fingerprint density at radius 1 is 1.64 bits per heavy atom. The van der Waals surface area contributed by atoms with E-state index in [1.165, 1.54) is 0 Å². The minimum absolute atomic E-state index is 0.244. The van der Waals surface area contributed by atoms with Crippen molar-refractivity contribution in [3.8, 4) is 0 Å². The largest absolute Gasteiger partial charge is 0.461 e. The summed E-state index contributed by atoms with van der Waals surface area (Å²) in [6.07, 6.45) is 1.70. The van der Waals surface area contributed by atoms with Crippen molar-refractivity contribution in [1.29, 1.82) is 0 Å². The maximum atomic E-state index is 11.4. The maximum absolute atomic E-state index is 11.4. The van der Waals surface area contributed by atoms with E-state index < -0.39 is 0 Å². The molecule has 0 amide bonds. The summed E-state index contributed by atoms with van der Waals surface area (Å²) in [5, 5.41) is 5.95. The third kappa shape index (κ3) is 3.76. The quantitative estimate of drug-likeness (QED) is 0.576. The van der Waals surface area contributed by atoms with Gasteiger partial charge in [0.05, 0.1) is 12.2 Å². The lowest BCUT2D eigenvalue weighted by Gasteiger charge is -2.15. The van der Waals surface area contributed by atoms with Crippen LogP contribution in [0.2, 0.25) is 0 Å². The second kappa shape index (κ2) is 5.62. The van der Waals surface area contributed by atoms with Gasteiger partial charge in [-0.25, -0.2) is 4.79 Å². The van der Waals surface area contributed by atoms with Crippen molar-refractivity contribution in [2.75, 3.05) is 40.5 Å². The minimum Gasteiger partial charge on any atom is -0.461 e. The Morgan fingerprint density at radius 3 is 3.00 bits per heavy atom. The summed E-state index contributed by atoms with van der Waals surface area (Å²) in [5.41, 5.74) is 0.648. The summed E-state index contributed by atoms with van der Waals surface area (Å²) in [6.45, 7) is 2.46. The molecule has 0 bridgehead atoms. The van der Waals surface area contributed by atoms with E-state index >= 15 is 0 Å². The zero-order chi connectivity index (χ0) is 10.4. The van der Waals surface area contributed by atoms with E-state index in [0.29, 0.717) is 25.4 Å². The molecule has 0 atom stereocenters. The number of likely N-dealkylation sites (N-methyl/N-ethyl adjacent to an activating group) is 1. The minimum atomic E-state index is -0.244. The molecule has 80 valence electrons. The Labute approximate surface area is 84.1 Å². The molecule has 0 radical (unpaired) electrons. The molecular formula is C9H17N3O2. The summed E-state index contributed by atoms with van der Waals surface area (Å²) in [4.78, 5) is 13.4. The average molecular weight is 199 g/mol. The van der Waals surface area contributed by atoms with Crippen LogP contribution in [0.3, 0.4) is 0 Å². The molecule has 5 nitrogen and oxygen atoms in total. The normalized spacial score (nSPS) is 16.1. The number of carbonyl (C=O) groups excluding carboxylic acids is 1. The van der Waals surface area contributed by atoms with Crippen LogP contribution in [0.5, 0.6) is 0 Å². The topological polar surface area (TPSA) is 53.6 Å². The summed E-state index contributed by atoms with van der Waals surface area (Å²) in [7, 11) is 3.88. The molecule has 0 aromatic rings. The molecule has 1 aliphatic rings. The van der Waals surface area contributed by atoms with Gasteiger partial charge in [0.25, 0.3) is 0 Å². The van der Waals surface area contributed by atoms with E-state index in [1.807, 2.05) is 19.0 Å². The average Bonchev–Trinajstić information content (AvgIpc) is 2.18. The van der Waals surface area contributed by atoms with Crippen molar-refractivity contribution in [2.45, 2.75) is 0 Å². The van der Waals surface area contributed by atoms with Crippen LogP contribution in [-0.2, 0) is 9.53 Å². The van der Waals surface area contributed by atoms with Crippen LogP contribution in [-0.4, -0.2) is 51.3 Å². The highest BCUT2D eigenvalue weighted by Gasteiger charge is 2.12. The molecule has 1 rings (SSSR count). The van der Waals surface area contributed by atoms with Gasteiger partial charge in [-0.15, -0.1) is 0 Å². The molecule has 1 aliphatic heterocycles. The van der Waals surface area contributed by atoms with E-state index in [-0.39, 0.29) is 5.97 Å². The number of ether oxygens (including phenoxy) is 1. The van der Waals surface area contributed by atoms with Crippen LogP contribution < -0.4 is 10.6 Å². The summed E-state index contributed by atoms with van der Waals surface area (Å²) in [5.74, 6) is -0.244. The lowest BCUT2D eigenvalue weighted by molar-refractivity contribution is -0.139. The first-order chi connectivity index (χ1) is 6.70. The van der Waals surface area contributed by atoms with Crippen LogP contribution in [0, 0.1) is 0 Å². The van der Waals surface area contributed by atoms with Crippen LogP contribution in [0.1, 0.15) is 0 Å². The molecule has 0 aromatic carbocycles. The predicted octanol–water partition coefficient (Wildman–Crippen LogP) is -0.875. The van der Waals surface area contributed by atoms with Gasteiger partial charge in [0.1, 0.15) is 6.61 Å². The van der Waals surface area contributed by atoms with Gasteiger partial charge in [0, 0.05) is 19.3 Å². The van der Waals surface area contributed by atoms with Crippen LogP contribution in [0.25, 0.3) is 0 Å². The van der Waals surface area contributed by atoms with Gasteiger partial charge in [-0.1, -0.05) is 0 Å². The van der Waals surface area contributed by atoms with E-state index in [4.69, 9.17) is 4.74 Å². The lowest BCUT2D eigenvalue weighted by Crippen LogP contribution is -2.35. The van der Waals surface area contributed by atoms with Gasteiger partial charge in [-0.3, -0.25) is 5.32 Å². The van der Waals surface area contributed by atoms with E-state index in [1.54, 1.807) is 6.20 Å². The molecule has 0 unspecified atom stereocenters. The van der Waals surface area contributed by atoms with Crippen molar-refractivity contribution in [2.24, 2.45) is 0 Å². The van der Waals surface area contributed by atoms with Crippen LogP contribution in [0.4, 0.5) is 0 Å². The van der Waals surface area contributed by atoms with Gasteiger partial charge in [0.2, 0.25) is 0 Å². The third-order valence-electron chi connectivity index (χ3n) is 1.85. The van der Waals surface area contributed by atoms with Gasteiger partial charge in [0.15, 0.2) is 0 Å². The van der Waals surface area contributed by atoms with Gasteiger partial charge >= 0.3 is 5.97 Å². The van der Waals surface area contributed by atoms with Crippen molar-refractivity contribution in [1.82, 2.24) is 15.5 Å². The fourth-order valence-corrected chi connectivity index (χ4v) is 1.04. The summed E-state index contributed by atoms with van der Waals surface area (Å²) < 4.78 is 5.06. The Hall–Kier alpha value is -1.07. The van der Waals surface area contributed by atoms with Crippen molar-refractivity contribution < 1.29 is 9.53 Å². The number of nitrogens with one attached hydrogen (secondary N) is 2. The molecule has 1 heterocycles. The maximum Gasteiger partial charge on any atom is 0.336 e. The van der Waals surface area contributed by atoms with E-state index in [0.717, 1.165) is 6.54 Å². The number of hydrogen-bond acceptors (Lipinski definition) is 5. The monoisotopic (exact) mass is 199 g/mol. The molecular weight excluding hydrogens is 182 g/mol. The second-order valence-corrected chi connectivity index (χ2v) is 3.42. The molecule has 0 saturated carbocycles. The molecule has 5 heteroatoms. The molecule has 0 spiro atoms. The first-order valence-corrected chi connectivity index (χ1v) is 4.65. The van der Waals surface area contributed by atoms with Crippen LogP contribution >= 0.6 is 0 Å². The Balaban J connectivity index is 2.24. The number of nitrogens with zero attached hydrogens (tertiary/aromatic N) is 1. The highest BCUT2D eigenvalue weighted by Crippen LogP contribution is 1.97. The highest BCUT2D eigenvalue weighted by atomic mass is 16.5. The van der Waals surface area contributed by atoms with Gasteiger partial charge in [-0.05, 0) is 14.1 Å². The molecule has 2 N–H and O–H groups in total. The Bertz CT molecular complexity index is 226. The van der Waals surface area contributed by atoms with Gasteiger partial charge < -0.3 is 15.0 Å². The molecule has 0 fully saturated rings.